The van der Waals surface area contributed by atoms with Crippen molar-refractivity contribution in [2.24, 2.45) is 0 Å². The van der Waals surface area contributed by atoms with Gasteiger partial charge in [0.05, 0.1) is 28.1 Å². The smallest absolute Gasteiger partial charge is 0.332 e. The van der Waals surface area contributed by atoms with Crippen LogP contribution in [0.3, 0.4) is 0 Å². The molecule has 2 aromatic carbocycles. The number of aryl methyl sites for hydroxylation is 1. The van der Waals surface area contributed by atoms with E-state index in [2.05, 4.69) is 5.32 Å². The van der Waals surface area contributed by atoms with Gasteiger partial charge in [0.25, 0.3) is 0 Å². The molecule has 144 valence electrons. The van der Waals surface area contributed by atoms with E-state index in [1.165, 1.54) is 0 Å². The number of carbonyl (C=O) groups is 1. The molecule has 6 nitrogen and oxygen atoms in total. The number of hydrogen-bond donors (Lipinski definition) is 3. The van der Waals surface area contributed by atoms with Crippen molar-refractivity contribution in [1.29, 1.82) is 0 Å². The van der Waals surface area contributed by atoms with Gasteiger partial charge < -0.3 is 10.4 Å². The van der Waals surface area contributed by atoms with Crippen LogP contribution in [0.25, 0.3) is 11.1 Å². The van der Waals surface area contributed by atoms with Gasteiger partial charge in [0.15, 0.2) is 0 Å². The van der Waals surface area contributed by atoms with Gasteiger partial charge >= 0.3 is 6.03 Å². The largest absolute Gasteiger partial charge is 0.395 e. The van der Waals surface area contributed by atoms with E-state index in [1.807, 2.05) is 16.9 Å². The van der Waals surface area contributed by atoms with Crippen LogP contribution in [0, 0.1) is 0 Å². The molecule has 0 aromatic heterocycles. The van der Waals surface area contributed by atoms with E-state index in [9.17, 15) is 13.2 Å². The van der Waals surface area contributed by atoms with Crippen LogP contribution >= 0.6 is 23.2 Å². The number of urea groups is 1. The first-order valence-electron chi connectivity index (χ1n) is 8.34. The number of rotatable bonds is 5. The van der Waals surface area contributed by atoms with Crippen molar-refractivity contribution >= 4 is 44.9 Å². The first-order chi connectivity index (χ1) is 12.8. The van der Waals surface area contributed by atoms with E-state index in [0.717, 1.165) is 30.4 Å². The number of anilines is 1. The summed E-state index contributed by atoms with van der Waals surface area (Å²) in [6, 6.07) is 8.16. The fraction of sp³-hybridized carbons (Fsp3) is 0.278. The van der Waals surface area contributed by atoms with Gasteiger partial charge in [-0.15, -0.1) is 0 Å². The Morgan fingerprint density at radius 1 is 1.11 bits per heavy atom. The number of amides is 2. The van der Waals surface area contributed by atoms with Crippen molar-refractivity contribution in [3.8, 4) is 11.1 Å². The molecule has 0 spiro atoms. The highest BCUT2D eigenvalue weighted by Crippen LogP contribution is 2.41. The molecule has 0 aliphatic heterocycles. The highest BCUT2D eigenvalue weighted by Gasteiger charge is 2.23. The molecule has 0 unspecified atom stereocenters. The second-order valence-electron chi connectivity index (χ2n) is 6.18. The Hall–Kier alpha value is -1.80. The minimum atomic E-state index is -3.92. The lowest BCUT2D eigenvalue weighted by molar-refractivity contribution is 0.256. The Morgan fingerprint density at radius 2 is 1.89 bits per heavy atom. The van der Waals surface area contributed by atoms with Crippen LogP contribution in [-0.4, -0.2) is 31.9 Å². The molecule has 1 aliphatic rings. The van der Waals surface area contributed by atoms with Gasteiger partial charge in [-0.1, -0.05) is 47.5 Å². The molecule has 0 fully saturated rings. The fourth-order valence-corrected chi connectivity index (χ4v) is 4.28. The first-order valence-corrected chi connectivity index (χ1v) is 10.7. The van der Waals surface area contributed by atoms with E-state index < -0.39 is 28.4 Å². The first kappa shape index (κ1) is 19.9. The van der Waals surface area contributed by atoms with Gasteiger partial charge in [-0.25, -0.2) is 17.9 Å². The van der Waals surface area contributed by atoms with Crippen LogP contribution in [0.2, 0.25) is 10.0 Å². The van der Waals surface area contributed by atoms with Gasteiger partial charge in [0, 0.05) is 11.1 Å². The van der Waals surface area contributed by atoms with E-state index in [1.54, 1.807) is 18.2 Å². The van der Waals surface area contributed by atoms with Gasteiger partial charge in [0.2, 0.25) is 10.0 Å². The molecule has 3 rings (SSSR count). The van der Waals surface area contributed by atoms with Crippen LogP contribution in [0.15, 0.2) is 30.3 Å². The molecule has 0 heterocycles. The fourth-order valence-electron chi connectivity index (χ4n) is 3.20. The molecule has 3 N–H and O–H groups in total. The number of aliphatic hydroxyl groups excluding tert-OH is 1. The molecule has 2 aromatic rings. The highest BCUT2D eigenvalue weighted by molar-refractivity contribution is 7.90. The molecule has 0 saturated heterocycles. The number of carbonyl (C=O) groups excluding carboxylic acids is 1. The van der Waals surface area contributed by atoms with Crippen molar-refractivity contribution in [2.75, 3.05) is 17.7 Å². The quantitative estimate of drug-likeness (QED) is 0.677. The van der Waals surface area contributed by atoms with Crippen LogP contribution in [0.4, 0.5) is 10.5 Å². The number of fused-ring (bicyclic) bond motifs is 1. The lowest BCUT2D eigenvalue weighted by atomic mass is 9.97. The molecule has 27 heavy (non-hydrogen) atoms. The molecule has 0 atom stereocenters. The summed E-state index contributed by atoms with van der Waals surface area (Å²) in [5.74, 6) is -0.555. The Morgan fingerprint density at radius 3 is 2.63 bits per heavy atom. The molecule has 1 aliphatic carbocycles. The second-order valence-corrected chi connectivity index (χ2v) is 8.81. The minimum absolute atomic E-state index is 0.355. The highest BCUT2D eigenvalue weighted by atomic mass is 35.5. The summed E-state index contributed by atoms with van der Waals surface area (Å²) in [4.78, 5) is 12.3. The van der Waals surface area contributed by atoms with E-state index in [0.29, 0.717) is 26.9 Å². The number of aliphatic hydroxyl groups is 1. The summed E-state index contributed by atoms with van der Waals surface area (Å²) >= 11 is 12.5. The SMILES string of the molecule is O=C(Nc1c(-c2cccc(Cl)c2Cl)ccc2c1CCC2)NS(=O)(=O)CCO. The predicted octanol–water partition coefficient (Wildman–Crippen LogP) is 3.59. The lowest BCUT2D eigenvalue weighted by Crippen LogP contribution is -2.37. The second kappa shape index (κ2) is 8.06. The molecule has 0 saturated carbocycles. The Balaban J connectivity index is 2.02. The third-order valence-corrected chi connectivity index (χ3v) is 6.41. The molecule has 0 bridgehead atoms. The monoisotopic (exact) mass is 428 g/mol. The Kier molecular flexibility index (Phi) is 5.95. The molecule has 2 amide bonds. The molecular weight excluding hydrogens is 411 g/mol. The Labute approximate surface area is 167 Å². The number of benzene rings is 2. The van der Waals surface area contributed by atoms with Crippen molar-refractivity contribution in [3.05, 3.63) is 51.5 Å². The maximum Gasteiger partial charge on any atom is 0.332 e. The lowest BCUT2D eigenvalue weighted by Gasteiger charge is -2.17. The maximum absolute atomic E-state index is 12.3. The van der Waals surface area contributed by atoms with Crippen molar-refractivity contribution in [1.82, 2.24) is 4.72 Å². The molecule has 9 heteroatoms. The number of halogens is 2. The van der Waals surface area contributed by atoms with Crippen LogP contribution in [0.5, 0.6) is 0 Å². The third-order valence-electron chi connectivity index (χ3n) is 4.37. The minimum Gasteiger partial charge on any atom is -0.395 e. The molecular formula is C18H18Cl2N2O4S. The van der Waals surface area contributed by atoms with Crippen molar-refractivity contribution < 1.29 is 18.3 Å². The maximum atomic E-state index is 12.3. The zero-order valence-corrected chi connectivity index (χ0v) is 16.6. The normalized spacial score (nSPS) is 13.3. The summed E-state index contributed by atoms with van der Waals surface area (Å²) < 4.78 is 25.4. The van der Waals surface area contributed by atoms with Crippen molar-refractivity contribution in [3.63, 3.8) is 0 Å². The van der Waals surface area contributed by atoms with Crippen LogP contribution < -0.4 is 10.0 Å². The zero-order chi connectivity index (χ0) is 19.6. The van der Waals surface area contributed by atoms with Crippen molar-refractivity contribution in [2.45, 2.75) is 19.3 Å². The summed E-state index contributed by atoms with van der Waals surface area (Å²) in [6.07, 6.45) is 2.60. The van der Waals surface area contributed by atoms with E-state index >= 15 is 0 Å². The summed E-state index contributed by atoms with van der Waals surface area (Å²) in [6.45, 7) is -0.577. The average Bonchev–Trinajstić information content (AvgIpc) is 3.06. The summed E-state index contributed by atoms with van der Waals surface area (Å²) in [7, 11) is -3.92. The summed E-state index contributed by atoms with van der Waals surface area (Å²) in [5.41, 5.74) is 3.89. The van der Waals surface area contributed by atoms with Gasteiger partial charge in [-0.05, 0) is 36.5 Å². The van der Waals surface area contributed by atoms with E-state index in [-0.39, 0.29) is 0 Å². The van der Waals surface area contributed by atoms with Gasteiger partial charge in [0.1, 0.15) is 0 Å². The summed E-state index contributed by atoms with van der Waals surface area (Å²) in [5, 5.41) is 12.2. The average molecular weight is 429 g/mol. The van der Waals surface area contributed by atoms with E-state index in [4.69, 9.17) is 28.3 Å². The predicted molar refractivity (Wildman–Crippen MR) is 107 cm³/mol. The Bertz CT molecular complexity index is 993. The zero-order valence-electron chi connectivity index (χ0n) is 14.3. The topological polar surface area (TPSA) is 95.5 Å². The third kappa shape index (κ3) is 4.38. The number of hydrogen-bond acceptors (Lipinski definition) is 4. The van der Waals surface area contributed by atoms with Gasteiger partial charge in [-0.2, -0.15) is 0 Å². The number of sulfonamides is 1. The number of nitrogens with one attached hydrogen (secondary N) is 2. The van der Waals surface area contributed by atoms with Crippen LogP contribution in [-0.2, 0) is 22.9 Å². The standard InChI is InChI=1S/C18H18Cl2N2O4S/c19-15-6-2-5-13(16(15)20)14-8-7-11-3-1-4-12(11)17(14)21-18(24)22-27(25,26)10-9-23/h2,5-8,23H,1,3-4,9-10H2,(H2,21,22,24). The van der Waals surface area contributed by atoms with Gasteiger partial charge in [-0.3, -0.25) is 0 Å². The molecule has 0 radical (unpaired) electrons. The van der Waals surface area contributed by atoms with Crippen LogP contribution in [0.1, 0.15) is 17.5 Å².